The molecule has 4 aromatic rings. The first-order valence-corrected chi connectivity index (χ1v) is 11.7. The highest BCUT2D eigenvalue weighted by Crippen LogP contribution is 2.35. The number of carboxylic acids is 1. The summed E-state index contributed by atoms with van der Waals surface area (Å²) in [6.07, 6.45) is 6.55. The molecule has 5 rings (SSSR count). The van der Waals surface area contributed by atoms with E-state index in [4.69, 9.17) is 4.98 Å². The molecular weight excluding hydrogens is 431 g/mol. The third kappa shape index (κ3) is 4.14. The van der Waals surface area contributed by atoms with Gasteiger partial charge in [0.25, 0.3) is 0 Å². The van der Waals surface area contributed by atoms with Gasteiger partial charge in [-0.05, 0) is 61.9 Å². The Morgan fingerprint density at radius 1 is 1.18 bits per heavy atom. The molecule has 174 valence electrons. The zero-order valence-corrected chi connectivity index (χ0v) is 19.1. The van der Waals surface area contributed by atoms with Gasteiger partial charge in [0.15, 0.2) is 0 Å². The standard InChI is InChI=1S/C27H27FN4O2/c1-2-31-17-19(21-9-3-4-10-25(21)31)12-13-23-22(26(33)34)16-29-27(30-23)32-14-6-11-24(32)18-7-5-8-20(28)15-18/h3-5,7-10,15-17,24H,2,6,11-14H2,1H3,(H,33,34)/t24-/m0/s1. The molecule has 0 bridgehead atoms. The maximum atomic E-state index is 13.8. The van der Waals surface area contributed by atoms with Gasteiger partial charge in [0.05, 0.1) is 17.3 Å². The average Bonchev–Trinajstić information content (AvgIpc) is 3.48. The Balaban J connectivity index is 1.45. The van der Waals surface area contributed by atoms with E-state index in [0.29, 0.717) is 24.5 Å². The molecule has 7 heteroatoms. The number of nitrogens with zero attached hydrogens (tertiary/aromatic N) is 4. The van der Waals surface area contributed by atoms with Gasteiger partial charge in [0, 0.05) is 36.4 Å². The lowest BCUT2D eigenvalue weighted by Gasteiger charge is -2.25. The summed E-state index contributed by atoms with van der Waals surface area (Å²) in [7, 11) is 0. The van der Waals surface area contributed by atoms with Crippen molar-refractivity contribution in [2.75, 3.05) is 11.4 Å². The molecular formula is C27H27FN4O2. The molecule has 1 atom stereocenters. The monoisotopic (exact) mass is 458 g/mol. The Hall–Kier alpha value is -3.74. The highest BCUT2D eigenvalue weighted by Gasteiger charge is 2.29. The van der Waals surface area contributed by atoms with Gasteiger partial charge < -0.3 is 14.6 Å². The molecule has 1 aliphatic rings. The number of hydrogen-bond donors (Lipinski definition) is 1. The summed E-state index contributed by atoms with van der Waals surface area (Å²) in [5, 5.41) is 10.9. The molecule has 0 spiro atoms. The van der Waals surface area contributed by atoms with E-state index in [2.05, 4.69) is 39.7 Å². The minimum Gasteiger partial charge on any atom is -0.478 e. The number of aromatic nitrogens is 3. The predicted molar refractivity (Wildman–Crippen MR) is 130 cm³/mol. The van der Waals surface area contributed by atoms with Crippen LogP contribution < -0.4 is 4.90 Å². The largest absolute Gasteiger partial charge is 0.478 e. The third-order valence-electron chi connectivity index (χ3n) is 6.67. The van der Waals surface area contributed by atoms with Crippen molar-refractivity contribution in [1.82, 2.24) is 14.5 Å². The Kier molecular flexibility index (Phi) is 6.01. The summed E-state index contributed by atoms with van der Waals surface area (Å²) in [5.41, 5.74) is 3.89. The van der Waals surface area contributed by atoms with Crippen LogP contribution in [0.5, 0.6) is 0 Å². The van der Waals surface area contributed by atoms with E-state index < -0.39 is 5.97 Å². The first-order valence-electron chi connectivity index (χ1n) is 11.7. The molecule has 1 saturated heterocycles. The van der Waals surface area contributed by atoms with Crippen LogP contribution in [0.1, 0.15) is 53.0 Å². The fourth-order valence-corrected chi connectivity index (χ4v) is 5.02. The zero-order chi connectivity index (χ0) is 23.7. The van der Waals surface area contributed by atoms with E-state index in [1.54, 1.807) is 12.1 Å². The average molecular weight is 459 g/mol. The van der Waals surface area contributed by atoms with Crippen LogP contribution in [-0.4, -0.2) is 32.2 Å². The Morgan fingerprint density at radius 2 is 2.03 bits per heavy atom. The fourth-order valence-electron chi connectivity index (χ4n) is 5.02. The van der Waals surface area contributed by atoms with Gasteiger partial charge in [-0.1, -0.05) is 30.3 Å². The van der Waals surface area contributed by atoms with Crippen molar-refractivity contribution in [2.24, 2.45) is 0 Å². The molecule has 6 nitrogen and oxygen atoms in total. The maximum absolute atomic E-state index is 13.8. The van der Waals surface area contributed by atoms with Crippen LogP contribution in [0.15, 0.2) is 60.9 Å². The van der Waals surface area contributed by atoms with E-state index in [-0.39, 0.29) is 17.4 Å². The lowest BCUT2D eigenvalue weighted by molar-refractivity contribution is 0.0694. The number of halogens is 1. The van der Waals surface area contributed by atoms with E-state index in [9.17, 15) is 14.3 Å². The number of aryl methyl sites for hydroxylation is 3. The quantitative estimate of drug-likeness (QED) is 0.401. The van der Waals surface area contributed by atoms with Crippen molar-refractivity contribution in [3.05, 3.63) is 89.1 Å². The number of para-hydroxylation sites is 1. The van der Waals surface area contributed by atoms with Gasteiger partial charge in [-0.25, -0.2) is 19.2 Å². The van der Waals surface area contributed by atoms with Gasteiger partial charge in [-0.3, -0.25) is 0 Å². The van der Waals surface area contributed by atoms with Crippen LogP contribution in [0.2, 0.25) is 0 Å². The van der Waals surface area contributed by atoms with Crippen molar-refractivity contribution in [3.8, 4) is 0 Å². The second kappa shape index (κ2) is 9.25. The van der Waals surface area contributed by atoms with E-state index in [1.807, 2.05) is 18.2 Å². The molecule has 3 heterocycles. The lowest BCUT2D eigenvalue weighted by atomic mass is 10.0. The van der Waals surface area contributed by atoms with Crippen LogP contribution in [0.4, 0.5) is 10.3 Å². The number of benzene rings is 2. The van der Waals surface area contributed by atoms with Gasteiger partial charge in [-0.15, -0.1) is 0 Å². The number of anilines is 1. The normalized spacial score (nSPS) is 15.8. The number of aromatic carboxylic acids is 1. The third-order valence-corrected chi connectivity index (χ3v) is 6.67. The minimum absolute atomic E-state index is 0.0262. The van der Waals surface area contributed by atoms with Crippen LogP contribution in [0.3, 0.4) is 0 Å². The van der Waals surface area contributed by atoms with Crippen LogP contribution >= 0.6 is 0 Å². The first-order chi connectivity index (χ1) is 16.5. The Morgan fingerprint density at radius 3 is 2.82 bits per heavy atom. The van der Waals surface area contributed by atoms with Crippen molar-refractivity contribution in [1.29, 1.82) is 0 Å². The van der Waals surface area contributed by atoms with Crippen molar-refractivity contribution < 1.29 is 14.3 Å². The molecule has 0 unspecified atom stereocenters. The summed E-state index contributed by atoms with van der Waals surface area (Å²) in [6, 6.07) is 14.9. The summed E-state index contributed by atoms with van der Waals surface area (Å²) < 4.78 is 16.0. The summed E-state index contributed by atoms with van der Waals surface area (Å²) in [6.45, 7) is 3.73. The summed E-state index contributed by atoms with van der Waals surface area (Å²) >= 11 is 0. The highest BCUT2D eigenvalue weighted by molar-refractivity contribution is 5.89. The number of fused-ring (bicyclic) bond motifs is 1. The Bertz CT molecular complexity index is 1350. The summed E-state index contributed by atoms with van der Waals surface area (Å²) in [5.74, 6) is -0.790. The lowest BCUT2D eigenvalue weighted by Crippen LogP contribution is -2.25. The number of carboxylic acid groups (broad SMARTS) is 1. The first kappa shape index (κ1) is 22.1. The zero-order valence-electron chi connectivity index (χ0n) is 19.1. The molecule has 1 N–H and O–H groups in total. The van der Waals surface area contributed by atoms with Crippen LogP contribution in [0.25, 0.3) is 10.9 Å². The molecule has 1 aliphatic heterocycles. The molecule has 2 aromatic heterocycles. The number of hydrogen-bond acceptors (Lipinski definition) is 4. The Labute approximate surface area is 197 Å². The maximum Gasteiger partial charge on any atom is 0.339 e. The fraction of sp³-hybridized carbons (Fsp3) is 0.296. The van der Waals surface area contributed by atoms with Crippen LogP contribution in [-0.2, 0) is 19.4 Å². The second-order valence-electron chi connectivity index (χ2n) is 8.70. The summed E-state index contributed by atoms with van der Waals surface area (Å²) in [4.78, 5) is 23.1. The van der Waals surface area contributed by atoms with Crippen LogP contribution in [0, 0.1) is 5.82 Å². The molecule has 0 saturated carbocycles. The SMILES string of the molecule is CCn1cc(CCc2nc(N3CCC[C@H]3c3cccc(F)c3)ncc2C(=O)O)c2ccccc21. The van der Waals surface area contributed by atoms with Crippen molar-refractivity contribution in [3.63, 3.8) is 0 Å². The van der Waals surface area contributed by atoms with Crippen molar-refractivity contribution in [2.45, 2.75) is 45.2 Å². The smallest absolute Gasteiger partial charge is 0.339 e. The predicted octanol–water partition coefficient (Wildman–Crippen LogP) is 5.42. The van der Waals surface area contributed by atoms with Gasteiger partial charge in [0.2, 0.25) is 5.95 Å². The molecule has 0 amide bonds. The number of rotatable bonds is 7. The van der Waals surface area contributed by atoms with E-state index >= 15 is 0 Å². The van der Waals surface area contributed by atoms with Gasteiger partial charge in [0.1, 0.15) is 5.82 Å². The van der Waals surface area contributed by atoms with Gasteiger partial charge >= 0.3 is 5.97 Å². The second-order valence-corrected chi connectivity index (χ2v) is 8.70. The number of carbonyl (C=O) groups is 1. The molecule has 2 aromatic carbocycles. The molecule has 1 fully saturated rings. The van der Waals surface area contributed by atoms with E-state index in [0.717, 1.165) is 31.5 Å². The topological polar surface area (TPSA) is 71.2 Å². The van der Waals surface area contributed by atoms with Crippen molar-refractivity contribution >= 4 is 22.8 Å². The minimum atomic E-state index is -1.03. The van der Waals surface area contributed by atoms with Gasteiger partial charge in [-0.2, -0.15) is 0 Å². The highest BCUT2D eigenvalue weighted by atomic mass is 19.1. The molecule has 0 radical (unpaired) electrons. The molecule has 0 aliphatic carbocycles. The molecule has 34 heavy (non-hydrogen) atoms. The van der Waals surface area contributed by atoms with E-state index in [1.165, 1.54) is 28.7 Å².